The standard InChI is InChI=1S/C18H23NO/c1-13-9-14(2)11-18(10-13)20-8-7-19-17-6-5-15(3)16(4)12-17/h5-6,9-12,19H,7-8H2,1-4H3. The summed E-state index contributed by atoms with van der Waals surface area (Å²) in [4.78, 5) is 0. The zero-order valence-corrected chi connectivity index (χ0v) is 12.8. The molecule has 0 unspecified atom stereocenters. The minimum atomic E-state index is 0.663. The van der Waals surface area contributed by atoms with Gasteiger partial charge in [0.25, 0.3) is 0 Å². The van der Waals surface area contributed by atoms with E-state index >= 15 is 0 Å². The lowest BCUT2D eigenvalue weighted by atomic mass is 10.1. The molecule has 0 aliphatic heterocycles. The molecule has 0 fully saturated rings. The Labute approximate surface area is 121 Å². The zero-order valence-electron chi connectivity index (χ0n) is 12.8. The molecule has 2 nitrogen and oxygen atoms in total. The van der Waals surface area contributed by atoms with E-state index in [1.165, 1.54) is 22.3 Å². The summed E-state index contributed by atoms with van der Waals surface area (Å²) in [6.07, 6.45) is 0. The summed E-state index contributed by atoms with van der Waals surface area (Å²) in [6.45, 7) is 9.90. The molecule has 2 rings (SSSR count). The summed E-state index contributed by atoms with van der Waals surface area (Å²) in [5.41, 5.74) is 6.26. The highest BCUT2D eigenvalue weighted by Crippen LogP contribution is 2.16. The van der Waals surface area contributed by atoms with Crippen molar-refractivity contribution in [1.29, 1.82) is 0 Å². The highest BCUT2D eigenvalue weighted by atomic mass is 16.5. The van der Waals surface area contributed by atoms with Crippen LogP contribution >= 0.6 is 0 Å². The fourth-order valence-electron chi connectivity index (χ4n) is 2.23. The maximum Gasteiger partial charge on any atom is 0.119 e. The summed E-state index contributed by atoms with van der Waals surface area (Å²) in [6, 6.07) is 12.7. The van der Waals surface area contributed by atoms with Crippen molar-refractivity contribution in [3.8, 4) is 5.75 Å². The number of hydrogen-bond acceptors (Lipinski definition) is 2. The highest BCUT2D eigenvalue weighted by Gasteiger charge is 1.98. The first kappa shape index (κ1) is 14.4. The zero-order chi connectivity index (χ0) is 14.5. The Morgan fingerprint density at radius 3 is 2.20 bits per heavy atom. The Morgan fingerprint density at radius 2 is 1.55 bits per heavy atom. The van der Waals surface area contributed by atoms with Crippen LogP contribution in [0.25, 0.3) is 0 Å². The predicted octanol–water partition coefficient (Wildman–Crippen LogP) is 4.41. The Balaban J connectivity index is 1.82. The molecule has 0 atom stereocenters. The van der Waals surface area contributed by atoms with E-state index in [4.69, 9.17) is 4.74 Å². The molecule has 2 aromatic carbocycles. The van der Waals surface area contributed by atoms with Crippen molar-refractivity contribution in [2.75, 3.05) is 18.5 Å². The Bertz CT molecular complexity index is 570. The van der Waals surface area contributed by atoms with Gasteiger partial charge < -0.3 is 10.1 Å². The molecule has 20 heavy (non-hydrogen) atoms. The smallest absolute Gasteiger partial charge is 0.119 e. The van der Waals surface area contributed by atoms with Crippen LogP contribution in [0.15, 0.2) is 36.4 Å². The number of anilines is 1. The third kappa shape index (κ3) is 4.02. The Kier molecular flexibility index (Phi) is 4.67. The van der Waals surface area contributed by atoms with E-state index in [1.807, 2.05) is 0 Å². The van der Waals surface area contributed by atoms with E-state index in [0.29, 0.717) is 6.61 Å². The molecule has 0 spiro atoms. The van der Waals surface area contributed by atoms with E-state index in [-0.39, 0.29) is 0 Å². The number of ether oxygens (including phenoxy) is 1. The topological polar surface area (TPSA) is 21.3 Å². The van der Waals surface area contributed by atoms with Crippen LogP contribution in [0.1, 0.15) is 22.3 Å². The molecule has 0 saturated carbocycles. The van der Waals surface area contributed by atoms with Crippen LogP contribution in [-0.2, 0) is 0 Å². The normalized spacial score (nSPS) is 10.4. The van der Waals surface area contributed by atoms with E-state index in [0.717, 1.165) is 18.0 Å². The van der Waals surface area contributed by atoms with Crippen LogP contribution in [-0.4, -0.2) is 13.2 Å². The largest absolute Gasteiger partial charge is 0.492 e. The van der Waals surface area contributed by atoms with Crippen LogP contribution in [0.2, 0.25) is 0 Å². The predicted molar refractivity (Wildman–Crippen MR) is 85.8 cm³/mol. The number of nitrogens with one attached hydrogen (secondary N) is 1. The Morgan fingerprint density at radius 1 is 0.850 bits per heavy atom. The summed E-state index contributed by atoms with van der Waals surface area (Å²) < 4.78 is 5.78. The van der Waals surface area contributed by atoms with Crippen LogP contribution in [0, 0.1) is 27.7 Å². The van der Waals surface area contributed by atoms with Gasteiger partial charge in [-0.2, -0.15) is 0 Å². The van der Waals surface area contributed by atoms with Gasteiger partial charge in [0.1, 0.15) is 12.4 Å². The molecule has 2 aromatic rings. The molecule has 0 aliphatic carbocycles. The van der Waals surface area contributed by atoms with Gasteiger partial charge >= 0.3 is 0 Å². The number of rotatable bonds is 5. The van der Waals surface area contributed by atoms with Crippen LogP contribution < -0.4 is 10.1 Å². The third-order valence-electron chi connectivity index (χ3n) is 3.40. The van der Waals surface area contributed by atoms with Gasteiger partial charge in [0.2, 0.25) is 0 Å². The maximum absolute atomic E-state index is 5.78. The van der Waals surface area contributed by atoms with E-state index in [9.17, 15) is 0 Å². The van der Waals surface area contributed by atoms with Crippen molar-refractivity contribution < 1.29 is 4.74 Å². The monoisotopic (exact) mass is 269 g/mol. The van der Waals surface area contributed by atoms with Gasteiger partial charge in [0.05, 0.1) is 0 Å². The van der Waals surface area contributed by atoms with Crippen molar-refractivity contribution in [3.05, 3.63) is 58.7 Å². The lowest BCUT2D eigenvalue weighted by molar-refractivity contribution is 0.332. The molecular weight excluding hydrogens is 246 g/mol. The average molecular weight is 269 g/mol. The van der Waals surface area contributed by atoms with E-state index in [1.54, 1.807) is 0 Å². The lowest BCUT2D eigenvalue weighted by Crippen LogP contribution is -2.11. The number of benzene rings is 2. The second-order valence-electron chi connectivity index (χ2n) is 5.40. The van der Waals surface area contributed by atoms with Gasteiger partial charge in [-0.1, -0.05) is 12.1 Å². The average Bonchev–Trinajstić information content (AvgIpc) is 2.38. The quantitative estimate of drug-likeness (QED) is 0.812. The fourth-order valence-corrected chi connectivity index (χ4v) is 2.23. The van der Waals surface area contributed by atoms with Gasteiger partial charge in [-0.15, -0.1) is 0 Å². The summed E-state index contributed by atoms with van der Waals surface area (Å²) in [5, 5.41) is 3.39. The second kappa shape index (κ2) is 6.47. The van der Waals surface area contributed by atoms with Crippen molar-refractivity contribution in [2.24, 2.45) is 0 Å². The molecule has 0 bridgehead atoms. The Hall–Kier alpha value is -1.96. The summed E-state index contributed by atoms with van der Waals surface area (Å²) in [7, 11) is 0. The first-order valence-corrected chi connectivity index (χ1v) is 7.07. The molecule has 106 valence electrons. The minimum Gasteiger partial charge on any atom is -0.492 e. The third-order valence-corrected chi connectivity index (χ3v) is 3.40. The molecule has 1 N–H and O–H groups in total. The molecule has 0 radical (unpaired) electrons. The molecular formula is C18H23NO. The summed E-state index contributed by atoms with van der Waals surface area (Å²) >= 11 is 0. The lowest BCUT2D eigenvalue weighted by Gasteiger charge is -2.11. The van der Waals surface area contributed by atoms with E-state index in [2.05, 4.69) is 69.4 Å². The molecule has 0 amide bonds. The van der Waals surface area contributed by atoms with Gasteiger partial charge in [-0.3, -0.25) is 0 Å². The second-order valence-corrected chi connectivity index (χ2v) is 5.40. The molecule has 0 aliphatic rings. The molecule has 2 heteroatoms. The van der Waals surface area contributed by atoms with Crippen LogP contribution in [0.5, 0.6) is 5.75 Å². The number of aryl methyl sites for hydroxylation is 4. The SMILES string of the molecule is Cc1cc(C)cc(OCCNc2ccc(C)c(C)c2)c1. The summed E-state index contributed by atoms with van der Waals surface area (Å²) in [5.74, 6) is 0.949. The maximum atomic E-state index is 5.78. The molecule has 0 aromatic heterocycles. The molecule has 0 heterocycles. The van der Waals surface area contributed by atoms with Gasteiger partial charge in [-0.05, 0) is 74.2 Å². The first-order valence-electron chi connectivity index (χ1n) is 7.07. The van der Waals surface area contributed by atoms with Gasteiger partial charge in [-0.25, -0.2) is 0 Å². The first-order chi connectivity index (χ1) is 9.54. The van der Waals surface area contributed by atoms with E-state index < -0.39 is 0 Å². The highest BCUT2D eigenvalue weighted by molar-refractivity contribution is 5.48. The van der Waals surface area contributed by atoms with Crippen molar-refractivity contribution in [3.63, 3.8) is 0 Å². The van der Waals surface area contributed by atoms with Gasteiger partial charge in [0, 0.05) is 12.2 Å². The van der Waals surface area contributed by atoms with Crippen molar-refractivity contribution in [1.82, 2.24) is 0 Å². The molecule has 0 saturated heterocycles. The minimum absolute atomic E-state index is 0.663. The van der Waals surface area contributed by atoms with Crippen molar-refractivity contribution in [2.45, 2.75) is 27.7 Å². The van der Waals surface area contributed by atoms with Crippen molar-refractivity contribution >= 4 is 5.69 Å². The van der Waals surface area contributed by atoms with Crippen LogP contribution in [0.4, 0.5) is 5.69 Å². The fraction of sp³-hybridized carbons (Fsp3) is 0.333. The van der Waals surface area contributed by atoms with Crippen LogP contribution in [0.3, 0.4) is 0 Å². The van der Waals surface area contributed by atoms with Gasteiger partial charge in [0.15, 0.2) is 0 Å². The number of hydrogen-bond donors (Lipinski definition) is 1.